The van der Waals surface area contributed by atoms with E-state index >= 15 is 0 Å². The van der Waals surface area contributed by atoms with Crippen LogP contribution in [-0.2, 0) is 10.0 Å². The molecule has 0 spiro atoms. The minimum atomic E-state index is -3.84. The lowest BCUT2D eigenvalue weighted by Crippen LogP contribution is -2.18. The van der Waals surface area contributed by atoms with Crippen LogP contribution in [0.5, 0.6) is 0 Å². The van der Waals surface area contributed by atoms with E-state index in [4.69, 9.17) is 16.0 Å². The van der Waals surface area contributed by atoms with Crippen molar-refractivity contribution in [2.45, 2.75) is 13.3 Å². The number of rotatable bonds is 6. The Labute approximate surface area is 157 Å². The van der Waals surface area contributed by atoms with Gasteiger partial charge in [-0.3, -0.25) is 9.52 Å². The molecule has 1 aromatic carbocycles. The lowest BCUT2D eigenvalue weighted by molar-refractivity contribution is 0.103. The van der Waals surface area contributed by atoms with Crippen molar-refractivity contribution in [2.75, 3.05) is 10.5 Å². The number of carbonyl (C=O) groups is 1. The molecule has 0 unspecified atom stereocenters. The quantitative estimate of drug-likeness (QED) is 0.488. The van der Waals surface area contributed by atoms with Crippen molar-refractivity contribution in [3.8, 4) is 0 Å². The van der Waals surface area contributed by atoms with E-state index in [1.54, 1.807) is 6.92 Å². The van der Waals surface area contributed by atoms with Crippen molar-refractivity contribution in [1.82, 2.24) is 9.97 Å². The zero-order chi connectivity index (χ0) is 19.8. The summed E-state index contributed by atoms with van der Waals surface area (Å²) in [6, 6.07) is 3.23. The Morgan fingerprint density at radius 2 is 2.07 bits per heavy atom. The second-order valence-electron chi connectivity index (χ2n) is 5.53. The van der Waals surface area contributed by atoms with E-state index in [1.165, 1.54) is 12.1 Å². The number of fused-ring (bicyclic) bond motifs is 1. The molecule has 0 saturated carbocycles. The Kier molecular flexibility index (Phi) is 5.11. The summed E-state index contributed by atoms with van der Waals surface area (Å²) in [5, 5.41) is -0.571. The highest BCUT2D eigenvalue weighted by Crippen LogP contribution is 2.32. The Morgan fingerprint density at radius 3 is 2.78 bits per heavy atom. The third-order valence-corrected chi connectivity index (χ3v) is 5.42. The van der Waals surface area contributed by atoms with Crippen molar-refractivity contribution in [3.05, 3.63) is 52.5 Å². The van der Waals surface area contributed by atoms with E-state index in [0.29, 0.717) is 18.0 Å². The molecule has 0 aliphatic carbocycles. The first-order chi connectivity index (χ1) is 12.7. The number of ketones is 1. The van der Waals surface area contributed by atoms with Crippen LogP contribution in [0.4, 0.5) is 14.5 Å². The normalized spacial score (nSPS) is 11.7. The standard InChI is InChI=1S/C16H12ClF2N3O4S/c1-2-5-27(24,25)22-11-6-8(18)14(19)12(13(11)17)15(23)9-3-4-10-16(21-9)26-7-20-10/h3-4,6-7,22H,2,5H2,1H3. The molecule has 2 heterocycles. The lowest BCUT2D eigenvalue weighted by atomic mass is 10.1. The number of hydrogen-bond donors (Lipinski definition) is 1. The van der Waals surface area contributed by atoms with Crippen LogP contribution in [0.2, 0.25) is 5.02 Å². The third kappa shape index (κ3) is 3.76. The first kappa shape index (κ1) is 19.2. The van der Waals surface area contributed by atoms with Crippen molar-refractivity contribution in [3.63, 3.8) is 0 Å². The molecule has 142 valence electrons. The number of aromatic nitrogens is 2. The molecule has 0 fully saturated rings. The molecular weight excluding hydrogens is 404 g/mol. The SMILES string of the molecule is CCCS(=O)(=O)Nc1cc(F)c(F)c(C(=O)c2ccc3ncoc3n2)c1Cl. The summed E-state index contributed by atoms with van der Waals surface area (Å²) in [6.07, 6.45) is 1.41. The number of sulfonamides is 1. The number of nitrogens with one attached hydrogen (secondary N) is 1. The Morgan fingerprint density at radius 1 is 1.33 bits per heavy atom. The van der Waals surface area contributed by atoms with E-state index in [9.17, 15) is 22.0 Å². The maximum Gasteiger partial charge on any atom is 0.247 e. The molecule has 11 heteroatoms. The molecular formula is C16H12ClF2N3O4S. The molecule has 0 aliphatic rings. The molecule has 2 aromatic heterocycles. The van der Waals surface area contributed by atoms with Gasteiger partial charge in [0.25, 0.3) is 0 Å². The van der Waals surface area contributed by atoms with Gasteiger partial charge in [0, 0.05) is 6.07 Å². The Balaban J connectivity index is 2.09. The van der Waals surface area contributed by atoms with Gasteiger partial charge in [-0.25, -0.2) is 27.2 Å². The average Bonchev–Trinajstić information content (AvgIpc) is 3.07. The molecule has 3 aromatic rings. The number of benzene rings is 1. The topological polar surface area (TPSA) is 102 Å². The molecule has 27 heavy (non-hydrogen) atoms. The van der Waals surface area contributed by atoms with Crippen molar-refractivity contribution < 1.29 is 26.4 Å². The minimum absolute atomic E-state index is 0.0256. The summed E-state index contributed by atoms with van der Waals surface area (Å²) in [7, 11) is -3.84. The van der Waals surface area contributed by atoms with Crippen LogP contribution >= 0.6 is 11.6 Å². The zero-order valence-electron chi connectivity index (χ0n) is 13.8. The number of oxazole rings is 1. The van der Waals surface area contributed by atoms with Gasteiger partial charge >= 0.3 is 0 Å². The molecule has 1 N–H and O–H groups in total. The fourth-order valence-corrected chi connectivity index (χ4v) is 3.83. The predicted molar refractivity (Wildman–Crippen MR) is 94.3 cm³/mol. The predicted octanol–water partition coefficient (Wildman–Crippen LogP) is 3.54. The number of nitrogens with zero attached hydrogens (tertiary/aromatic N) is 2. The van der Waals surface area contributed by atoms with Gasteiger partial charge < -0.3 is 4.42 Å². The summed E-state index contributed by atoms with van der Waals surface area (Å²) >= 11 is 6.02. The van der Waals surface area contributed by atoms with Gasteiger partial charge in [0.15, 0.2) is 18.0 Å². The lowest BCUT2D eigenvalue weighted by Gasteiger charge is -2.13. The number of pyridine rings is 1. The van der Waals surface area contributed by atoms with Crippen molar-refractivity contribution in [1.29, 1.82) is 0 Å². The largest absolute Gasteiger partial charge is 0.425 e. The van der Waals surface area contributed by atoms with Gasteiger partial charge in [-0.15, -0.1) is 0 Å². The molecule has 0 amide bonds. The highest BCUT2D eigenvalue weighted by molar-refractivity contribution is 7.92. The summed E-state index contributed by atoms with van der Waals surface area (Å²) in [5.74, 6) is -4.23. The molecule has 0 aliphatic heterocycles. The highest BCUT2D eigenvalue weighted by Gasteiger charge is 2.27. The highest BCUT2D eigenvalue weighted by atomic mass is 35.5. The molecule has 0 atom stereocenters. The molecule has 0 saturated heterocycles. The fourth-order valence-electron chi connectivity index (χ4n) is 2.37. The number of carbonyl (C=O) groups excluding carboxylic acids is 1. The summed E-state index contributed by atoms with van der Waals surface area (Å²) < 4.78 is 59.1. The Hall–Kier alpha value is -2.59. The molecule has 0 bridgehead atoms. The van der Waals surface area contributed by atoms with E-state index in [1.807, 2.05) is 0 Å². The van der Waals surface area contributed by atoms with Crippen LogP contribution in [0, 0.1) is 11.6 Å². The second kappa shape index (κ2) is 7.20. The average molecular weight is 416 g/mol. The fraction of sp³-hybridized carbons (Fsp3) is 0.188. The molecule has 0 radical (unpaired) electrons. The van der Waals surface area contributed by atoms with Crippen LogP contribution in [0.3, 0.4) is 0 Å². The first-order valence-electron chi connectivity index (χ1n) is 7.66. The van der Waals surface area contributed by atoms with Gasteiger partial charge in [0.2, 0.25) is 21.5 Å². The maximum absolute atomic E-state index is 14.3. The maximum atomic E-state index is 14.3. The minimum Gasteiger partial charge on any atom is -0.425 e. The van der Waals surface area contributed by atoms with Gasteiger partial charge in [0.05, 0.1) is 22.0 Å². The van der Waals surface area contributed by atoms with E-state index in [0.717, 1.165) is 6.39 Å². The first-order valence-corrected chi connectivity index (χ1v) is 9.69. The van der Waals surface area contributed by atoms with E-state index < -0.39 is 43.7 Å². The third-order valence-electron chi connectivity index (χ3n) is 3.55. The zero-order valence-corrected chi connectivity index (χ0v) is 15.4. The summed E-state index contributed by atoms with van der Waals surface area (Å²) in [5.41, 5.74) is -1.15. The smallest absolute Gasteiger partial charge is 0.247 e. The molecule has 7 nitrogen and oxygen atoms in total. The summed E-state index contributed by atoms with van der Waals surface area (Å²) in [4.78, 5) is 20.4. The van der Waals surface area contributed by atoms with Crippen molar-refractivity contribution >= 4 is 44.3 Å². The van der Waals surface area contributed by atoms with Crippen LogP contribution in [0.1, 0.15) is 29.4 Å². The van der Waals surface area contributed by atoms with Gasteiger partial charge in [-0.05, 0) is 18.6 Å². The summed E-state index contributed by atoms with van der Waals surface area (Å²) in [6.45, 7) is 1.63. The van der Waals surface area contributed by atoms with E-state index in [2.05, 4.69) is 14.7 Å². The number of halogens is 3. The van der Waals surface area contributed by atoms with Crippen LogP contribution < -0.4 is 4.72 Å². The second-order valence-corrected chi connectivity index (χ2v) is 7.75. The number of hydrogen-bond acceptors (Lipinski definition) is 6. The van der Waals surface area contributed by atoms with Gasteiger partial charge in [-0.1, -0.05) is 18.5 Å². The molecule has 3 rings (SSSR count). The monoisotopic (exact) mass is 415 g/mol. The van der Waals surface area contributed by atoms with Gasteiger partial charge in [0.1, 0.15) is 11.2 Å². The Bertz CT molecular complexity index is 1150. The van der Waals surface area contributed by atoms with Crippen LogP contribution in [0.15, 0.2) is 29.0 Å². The van der Waals surface area contributed by atoms with Crippen LogP contribution in [-0.4, -0.2) is 29.9 Å². The van der Waals surface area contributed by atoms with Gasteiger partial charge in [-0.2, -0.15) is 0 Å². The van der Waals surface area contributed by atoms with Crippen LogP contribution in [0.25, 0.3) is 11.2 Å². The number of anilines is 1. The van der Waals surface area contributed by atoms with Crippen molar-refractivity contribution in [2.24, 2.45) is 0 Å². The van der Waals surface area contributed by atoms with E-state index in [-0.39, 0.29) is 17.2 Å².